The van der Waals surface area contributed by atoms with Crippen LogP contribution < -0.4 is 0 Å². The lowest BCUT2D eigenvalue weighted by Gasteiger charge is -1.87. The monoisotopic (exact) mass is 134 g/mol. The molecule has 1 heterocycles. The van der Waals surface area contributed by atoms with E-state index >= 15 is 0 Å². The Kier molecular flexibility index (Phi) is 1.58. The second-order valence-corrected chi connectivity index (χ2v) is 2.14. The van der Waals surface area contributed by atoms with Crippen LogP contribution in [0.25, 0.3) is 0 Å². The zero-order valence-electron chi connectivity index (χ0n) is 3.97. The predicted octanol–water partition coefficient (Wildman–Crippen LogP) is 2.69. The number of hydrogen-bond acceptors (Lipinski definition) is 1. The maximum absolute atomic E-state index is 11.6. The molecule has 3 heteroatoms. The van der Waals surface area contributed by atoms with E-state index < -0.39 is 6.43 Å². The van der Waals surface area contributed by atoms with Gasteiger partial charge >= 0.3 is 0 Å². The van der Waals surface area contributed by atoms with E-state index in [1.54, 1.807) is 5.38 Å². The highest BCUT2D eigenvalue weighted by Gasteiger charge is 2.04. The molecule has 0 aliphatic rings. The van der Waals surface area contributed by atoms with Gasteiger partial charge in [-0.25, -0.2) is 8.78 Å². The lowest BCUT2D eigenvalue weighted by Crippen LogP contribution is -1.74. The first kappa shape index (κ1) is 5.69. The summed E-state index contributed by atoms with van der Waals surface area (Å²) in [4.78, 5) is 0. The third-order valence-corrected chi connectivity index (χ3v) is 1.50. The van der Waals surface area contributed by atoms with Crippen LogP contribution in [0.1, 0.15) is 12.0 Å². The molecule has 0 aromatic carbocycles. The second-order valence-electron chi connectivity index (χ2n) is 1.36. The van der Waals surface area contributed by atoms with Gasteiger partial charge in [0.25, 0.3) is 6.43 Å². The summed E-state index contributed by atoms with van der Waals surface area (Å²) in [5, 5.41) is 3.09. The Morgan fingerprint density at radius 3 is 2.50 bits per heavy atom. The summed E-state index contributed by atoms with van der Waals surface area (Å²) in [6.07, 6.45) is -2.30. The van der Waals surface area contributed by atoms with Crippen molar-refractivity contribution in [2.24, 2.45) is 0 Å². The molecule has 0 saturated heterocycles. The maximum atomic E-state index is 11.6. The maximum Gasteiger partial charge on any atom is 0.264 e. The lowest BCUT2D eigenvalue weighted by atomic mass is 10.4. The van der Waals surface area contributed by atoms with Crippen LogP contribution in [-0.2, 0) is 0 Å². The van der Waals surface area contributed by atoms with Gasteiger partial charge in [-0.3, -0.25) is 0 Å². The Bertz CT molecular complexity index is 145. The summed E-state index contributed by atoms with van der Waals surface area (Å²) in [5.41, 5.74) is 0.120. The molecule has 0 nitrogen and oxygen atoms in total. The summed E-state index contributed by atoms with van der Waals surface area (Å²) in [6, 6.07) is 1.43. The molecule has 0 aliphatic heterocycles. The Morgan fingerprint density at radius 1 is 1.50 bits per heavy atom. The van der Waals surface area contributed by atoms with E-state index in [2.05, 4.69) is 0 Å². The van der Waals surface area contributed by atoms with Crippen molar-refractivity contribution in [3.8, 4) is 0 Å². The fourth-order valence-corrected chi connectivity index (χ4v) is 1.05. The van der Waals surface area contributed by atoms with Gasteiger partial charge in [0, 0.05) is 5.56 Å². The van der Waals surface area contributed by atoms with Crippen LogP contribution in [0.15, 0.2) is 16.8 Å². The molecule has 0 radical (unpaired) electrons. The molecule has 0 bridgehead atoms. The van der Waals surface area contributed by atoms with Crippen molar-refractivity contribution in [1.82, 2.24) is 0 Å². The van der Waals surface area contributed by atoms with Crippen LogP contribution in [0, 0.1) is 0 Å². The molecular formula is C5H4F2S. The molecule has 44 valence electrons. The fourth-order valence-electron chi connectivity index (χ4n) is 0.399. The van der Waals surface area contributed by atoms with Crippen LogP contribution in [0.2, 0.25) is 0 Å². The minimum atomic E-state index is -2.30. The summed E-state index contributed by atoms with van der Waals surface area (Å²) >= 11 is 1.29. The standard InChI is InChI=1S/C5H4F2S/c6-5(7)4-1-2-8-3-4/h1-3,5H. The van der Waals surface area contributed by atoms with Crippen molar-refractivity contribution in [3.05, 3.63) is 22.4 Å². The van der Waals surface area contributed by atoms with E-state index in [1.165, 1.54) is 22.8 Å². The van der Waals surface area contributed by atoms with Crippen molar-refractivity contribution in [2.75, 3.05) is 0 Å². The third-order valence-electron chi connectivity index (χ3n) is 0.795. The zero-order valence-corrected chi connectivity index (χ0v) is 4.79. The summed E-state index contributed by atoms with van der Waals surface area (Å²) < 4.78 is 23.2. The molecule has 0 fully saturated rings. The van der Waals surface area contributed by atoms with Crippen LogP contribution >= 0.6 is 11.3 Å². The second kappa shape index (κ2) is 2.22. The van der Waals surface area contributed by atoms with Gasteiger partial charge in [-0.05, 0) is 16.8 Å². The van der Waals surface area contributed by atoms with Crippen LogP contribution in [0.5, 0.6) is 0 Å². The molecule has 0 saturated carbocycles. The molecule has 0 aliphatic carbocycles. The predicted molar refractivity (Wildman–Crippen MR) is 29.3 cm³/mol. The number of alkyl halides is 2. The van der Waals surface area contributed by atoms with Crippen molar-refractivity contribution >= 4 is 11.3 Å². The van der Waals surface area contributed by atoms with E-state index in [4.69, 9.17) is 0 Å². The fraction of sp³-hybridized carbons (Fsp3) is 0.200. The van der Waals surface area contributed by atoms with Crippen LogP contribution in [0.3, 0.4) is 0 Å². The van der Waals surface area contributed by atoms with E-state index in [1.807, 2.05) is 0 Å². The molecule has 0 unspecified atom stereocenters. The summed E-state index contributed by atoms with van der Waals surface area (Å²) in [6.45, 7) is 0. The first-order valence-corrected chi connectivity index (χ1v) is 3.05. The Labute approximate surface area is 49.8 Å². The van der Waals surface area contributed by atoms with Crippen molar-refractivity contribution < 1.29 is 8.78 Å². The van der Waals surface area contributed by atoms with Gasteiger partial charge < -0.3 is 0 Å². The van der Waals surface area contributed by atoms with Crippen molar-refractivity contribution in [2.45, 2.75) is 6.43 Å². The molecule has 1 aromatic heterocycles. The van der Waals surface area contributed by atoms with Gasteiger partial charge in [-0.1, -0.05) is 0 Å². The SMILES string of the molecule is FC(F)c1ccsc1. The molecule has 1 aromatic rings. The van der Waals surface area contributed by atoms with E-state index in [0.717, 1.165) is 0 Å². The third kappa shape index (κ3) is 1.04. The number of halogens is 2. The minimum Gasteiger partial charge on any atom is -0.205 e. The van der Waals surface area contributed by atoms with Gasteiger partial charge in [0.2, 0.25) is 0 Å². The molecule has 1 rings (SSSR count). The highest BCUT2D eigenvalue weighted by molar-refractivity contribution is 7.07. The first-order chi connectivity index (χ1) is 3.80. The molecule has 0 atom stereocenters. The van der Waals surface area contributed by atoms with Gasteiger partial charge in [-0.15, -0.1) is 0 Å². The van der Waals surface area contributed by atoms with E-state index in [-0.39, 0.29) is 5.56 Å². The largest absolute Gasteiger partial charge is 0.264 e. The number of rotatable bonds is 1. The minimum absolute atomic E-state index is 0.120. The van der Waals surface area contributed by atoms with Gasteiger partial charge in [0.15, 0.2) is 0 Å². The van der Waals surface area contributed by atoms with E-state index in [9.17, 15) is 8.78 Å². The zero-order chi connectivity index (χ0) is 5.98. The average molecular weight is 134 g/mol. The van der Waals surface area contributed by atoms with E-state index in [0.29, 0.717) is 0 Å². The first-order valence-electron chi connectivity index (χ1n) is 2.11. The van der Waals surface area contributed by atoms with Crippen molar-refractivity contribution in [1.29, 1.82) is 0 Å². The molecule has 0 N–H and O–H groups in total. The quantitative estimate of drug-likeness (QED) is 0.554. The Balaban J connectivity index is 2.77. The normalized spacial score (nSPS) is 10.4. The molecule has 0 spiro atoms. The molecule has 0 amide bonds. The molecular weight excluding hydrogens is 130 g/mol. The highest BCUT2D eigenvalue weighted by atomic mass is 32.1. The summed E-state index contributed by atoms with van der Waals surface area (Å²) in [5.74, 6) is 0. The van der Waals surface area contributed by atoms with Gasteiger partial charge in [0.1, 0.15) is 0 Å². The smallest absolute Gasteiger partial charge is 0.205 e. The van der Waals surface area contributed by atoms with Crippen molar-refractivity contribution in [3.63, 3.8) is 0 Å². The van der Waals surface area contributed by atoms with Crippen LogP contribution in [0.4, 0.5) is 8.78 Å². The van der Waals surface area contributed by atoms with Gasteiger partial charge in [-0.2, -0.15) is 11.3 Å². The molecule has 8 heavy (non-hydrogen) atoms. The topological polar surface area (TPSA) is 0 Å². The Hall–Kier alpha value is -0.440. The lowest BCUT2D eigenvalue weighted by molar-refractivity contribution is 0.152. The Morgan fingerprint density at radius 2 is 2.25 bits per heavy atom. The summed E-state index contributed by atoms with van der Waals surface area (Å²) in [7, 11) is 0. The van der Waals surface area contributed by atoms with Crippen LogP contribution in [-0.4, -0.2) is 0 Å². The average Bonchev–Trinajstić information content (AvgIpc) is 2.12. The highest BCUT2D eigenvalue weighted by Crippen LogP contribution is 2.20. The number of hydrogen-bond donors (Lipinski definition) is 0. The number of thiophene rings is 1. The van der Waals surface area contributed by atoms with Gasteiger partial charge in [0.05, 0.1) is 0 Å².